The van der Waals surface area contributed by atoms with Crippen LogP contribution >= 0.6 is 0 Å². The van der Waals surface area contributed by atoms with Crippen molar-refractivity contribution < 1.29 is 19.1 Å². The minimum absolute atomic E-state index is 0.0213. The highest BCUT2D eigenvalue weighted by atomic mass is 16.5. The third-order valence-corrected chi connectivity index (χ3v) is 3.77. The van der Waals surface area contributed by atoms with Crippen molar-refractivity contribution in [2.45, 2.75) is 12.8 Å². The number of pyridine rings is 1. The Morgan fingerprint density at radius 2 is 2.00 bits per heavy atom. The molecule has 0 spiro atoms. The lowest BCUT2D eigenvalue weighted by Gasteiger charge is -2.04. The van der Waals surface area contributed by atoms with E-state index in [4.69, 9.17) is 9.47 Å². The van der Waals surface area contributed by atoms with E-state index >= 15 is 0 Å². The number of aromatic nitrogens is 1. The van der Waals surface area contributed by atoms with Crippen molar-refractivity contribution in [3.63, 3.8) is 0 Å². The summed E-state index contributed by atoms with van der Waals surface area (Å²) < 4.78 is 10.9. The molecule has 2 aromatic rings. The van der Waals surface area contributed by atoms with Crippen LogP contribution in [-0.2, 0) is 4.79 Å². The molecule has 4 rings (SSSR count). The largest absolute Gasteiger partial charge is 0.452 e. The molecule has 5 nitrogen and oxygen atoms in total. The van der Waals surface area contributed by atoms with E-state index in [2.05, 4.69) is 4.98 Å². The van der Waals surface area contributed by atoms with E-state index in [-0.39, 0.29) is 23.4 Å². The van der Waals surface area contributed by atoms with Crippen molar-refractivity contribution in [2.75, 3.05) is 0 Å². The Kier molecular flexibility index (Phi) is 3.19. The molecule has 5 heteroatoms. The first-order valence-electron chi connectivity index (χ1n) is 7.41. The number of rotatable bonds is 3. The van der Waals surface area contributed by atoms with Crippen molar-refractivity contribution in [2.24, 2.45) is 5.92 Å². The number of carbonyl (C=O) groups is 2. The first kappa shape index (κ1) is 13.7. The van der Waals surface area contributed by atoms with Gasteiger partial charge in [0, 0.05) is 18.5 Å². The summed E-state index contributed by atoms with van der Waals surface area (Å²) >= 11 is 0. The minimum Gasteiger partial charge on any atom is -0.452 e. The second-order valence-electron chi connectivity index (χ2n) is 5.57. The van der Waals surface area contributed by atoms with Gasteiger partial charge in [-0.3, -0.25) is 14.6 Å². The van der Waals surface area contributed by atoms with Crippen LogP contribution in [0.25, 0.3) is 6.08 Å². The summed E-state index contributed by atoms with van der Waals surface area (Å²) in [6, 6.07) is 8.40. The molecule has 2 heterocycles. The first-order chi connectivity index (χ1) is 11.2. The summed E-state index contributed by atoms with van der Waals surface area (Å²) in [4.78, 5) is 28.0. The van der Waals surface area contributed by atoms with E-state index in [9.17, 15) is 9.59 Å². The maximum atomic E-state index is 12.3. The number of benzene rings is 1. The van der Waals surface area contributed by atoms with E-state index in [0.29, 0.717) is 17.1 Å². The van der Waals surface area contributed by atoms with E-state index < -0.39 is 0 Å². The Balaban J connectivity index is 1.58. The van der Waals surface area contributed by atoms with Gasteiger partial charge in [-0.15, -0.1) is 0 Å². The van der Waals surface area contributed by atoms with Crippen LogP contribution in [0.3, 0.4) is 0 Å². The molecule has 0 amide bonds. The molecule has 0 radical (unpaired) electrons. The number of carbonyl (C=O) groups excluding carboxylic acids is 2. The second kappa shape index (κ2) is 5.35. The van der Waals surface area contributed by atoms with Gasteiger partial charge in [-0.1, -0.05) is 0 Å². The van der Waals surface area contributed by atoms with Gasteiger partial charge < -0.3 is 9.47 Å². The Bertz CT molecular complexity index is 822. The molecule has 1 aliphatic carbocycles. The van der Waals surface area contributed by atoms with Crippen LogP contribution in [0.5, 0.6) is 11.5 Å². The minimum atomic E-state index is -0.221. The summed E-state index contributed by atoms with van der Waals surface area (Å²) in [6.07, 6.45) is 6.73. The molecule has 0 unspecified atom stereocenters. The van der Waals surface area contributed by atoms with Crippen molar-refractivity contribution in [3.8, 4) is 11.5 Å². The van der Waals surface area contributed by atoms with Crippen LogP contribution in [0, 0.1) is 5.92 Å². The fourth-order valence-corrected chi connectivity index (χ4v) is 2.36. The summed E-state index contributed by atoms with van der Waals surface area (Å²) in [5.74, 6) is 0.679. The van der Waals surface area contributed by atoms with E-state index in [1.807, 2.05) is 0 Å². The quantitative estimate of drug-likeness (QED) is 0.495. The van der Waals surface area contributed by atoms with Gasteiger partial charge in [0.1, 0.15) is 11.5 Å². The van der Waals surface area contributed by atoms with Crippen molar-refractivity contribution in [1.29, 1.82) is 0 Å². The van der Waals surface area contributed by atoms with Crippen molar-refractivity contribution in [1.82, 2.24) is 4.98 Å². The number of ketones is 1. The summed E-state index contributed by atoms with van der Waals surface area (Å²) in [5.41, 5.74) is 1.30. The molecule has 0 saturated heterocycles. The lowest BCUT2D eigenvalue weighted by Crippen LogP contribution is -2.09. The SMILES string of the molecule is O=C1/C(=C\c2ccncc2)Oc2cc(OC(=O)C3CC3)ccc21. The average Bonchev–Trinajstić information content (AvgIpc) is 3.36. The predicted molar refractivity (Wildman–Crippen MR) is 82.0 cm³/mol. The maximum Gasteiger partial charge on any atom is 0.314 e. The monoisotopic (exact) mass is 307 g/mol. The highest BCUT2D eigenvalue weighted by Crippen LogP contribution is 2.36. The smallest absolute Gasteiger partial charge is 0.314 e. The molecule has 1 aliphatic heterocycles. The van der Waals surface area contributed by atoms with Crippen LogP contribution in [0.1, 0.15) is 28.8 Å². The van der Waals surface area contributed by atoms with Gasteiger partial charge >= 0.3 is 5.97 Å². The topological polar surface area (TPSA) is 65.5 Å². The first-order valence-corrected chi connectivity index (χ1v) is 7.41. The van der Waals surface area contributed by atoms with E-state index in [1.165, 1.54) is 0 Å². The highest BCUT2D eigenvalue weighted by molar-refractivity contribution is 6.14. The fourth-order valence-electron chi connectivity index (χ4n) is 2.36. The number of ether oxygens (including phenoxy) is 2. The Morgan fingerprint density at radius 1 is 1.22 bits per heavy atom. The molecule has 1 aromatic heterocycles. The maximum absolute atomic E-state index is 12.3. The molecule has 2 aliphatic rings. The van der Waals surface area contributed by atoms with E-state index in [0.717, 1.165) is 18.4 Å². The molecule has 1 aromatic carbocycles. The zero-order valence-corrected chi connectivity index (χ0v) is 12.2. The van der Waals surface area contributed by atoms with Gasteiger partial charge in [-0.25, -0.2) is 0 Å². The lowest BCUT2D eigenvalue weighted by atomic mass is 10.1. The van der Waals surface area contributed by atoms with Crippen LogP contribution in [0.4, 0.5) is 0 Å². The molecule has 1 saturated carbocycles. The van der Waals surface area contributed by atoms with Gasteiger partial charge in [0.05, 0.1) is 11.5 Å². The van der Waals surface area contributed by atoms with Crippen molar-refractivity contribution in [3.05, 3.63) is 59.6 Å². The summed E-state index contributed by atoms with van der Waals surface area (Å²) in [5, 5.41) is 0. The van der Waals surface area contributed by atoms with Gasteiger partial charge in [0.25, 0.3) is 0 Å². The van der Waals surface area contributed by atoms with Crippen LogP contribution in [-0.4, -0.2) is 16.7 Å². The molecule has 114 valence electrons. The third kappa shape index (κ3) is 2.73. The lowest BCUT2D eigenvalue weighted by molar-refractivity contribution is -0.135. The number of nitrogens with zero attached hydrogens (tertiary/aromatic N) is 1. The predicted octanol–water partition coefficient (Wildman–Crippen LogP) is 3.01. The molecular formula is C18H13NO4. The highest BCUT2D eigenvalue weighted by Gasteiger charge is 2.32. The Labute approximate surface area is 132 Å². The normalized spacial score (nSPS) is 17.7. The second-order valence-corrected chi connectivity index (χ2v) is 5.57. The number of allylic oxidation sites excluding steroid dienone is 1. The molecule has 0 atom stereocenters. The van der Waals surface area contributed by atoms with Crippen LogP contribution in [0.15, 0.2) is 48.5 Å². The number of esters is 1. The zero-order chi connectivity index (χ0) is 15.8. The summed E-state index contributed by atoms with van der Waals surface area (Å²) in [7, 11) is 0. The number of hydrogen-bond donors (Lipinski definition) is 0. The van der Waals surface area contributed by atoms with E-state index in [1.54, 1.807) is 48.8 Å². The standard InChI is InChI=1S/C18H13NO4/c20-17-14-4-3-13(22-18(21)12-1-2-12)10-15(14)23-16(17)9-11-5-7-19-8-6-11/h3-10,12H,1-2H2/b16-9+. The third-order valence-electron chi connectivity index (χ3n) is 3.77. The molecule has 0 bridgehead atoms. The molecule has 0 N–H and O–H groups in total. The molecular weight excluding hydrogens is 294 g/mol. The Morgan fingerprint density at radius 3 is 2.74 bits per heavy atom. The zero-order valence-electron chi connectivity index (χ0n) is 12.2. The van der Waals surface area contributed by atoms with Gasteiger partial charge in [0.2, 0.25) is 5.78 Å². The van der Waals surface area contributed by atoms with Crippen LogP contribution < -0.4 is 9.47 Å². The average molecular weight is 307 g/mol. The fraction of sp³-hybridized carbons (Fsp3) is 0.167. The van der Waals surface area contributed by atoms with Gasteiger partial charge in [0.15, 0.2) is 5.76 Å². The number of fused-ring (bicyclic) bond motifs is 1. The van der Waals surface area contributed by atoms with Crippen molar-refractivity contribution >= 4 is 17.8 Å². The summed E-state index contributed by atoms with van der Waals surface area (Å²) in [6.45, 7) is 0. The van der Waals surface area contributed by atoms with Gasteiger partial charge in [-0.2, -0.15) is 0 Å². The number of Topliss-reactive ketones (excluding diaryl/α,β-unsaturated/α-hetero) is 1. The Hall–Kier alpha value is -2.95. The number of hydrogen-bond acceptors (Lipinski definition) is 5. The van der Waals surface area contributed by atoms with Crippen LogP contribution in [0.2, 0.25) is 0 Å². The van der Waals surface area contributed by atoms with Gasteiger partial charge in [-0.05, 0) is 48.7 Å². The molecule has 23 heavy (non-hydrogen) atoms. The molecule has 1 fully saturated rings.